The monoisotopic (exact) mass is 454 g/mol. The van der Waals surface area contributed by atoms with Crippen molar-refractivity contribution >= 4 is 27.5 Å². The zero-order valence-corrected chi connectivity index (χ0v) is 18.5. The summed E-state index contributed by atoms with van der Waals surface area (Å²) in [5.74, 6) is -0.199. The highest BCUT2D eigenvalue weighted by molar-refractivity contribution is 7.89. The number of carbonyl (C=O) groups is 1. The van der Waals surface area contributed by atoms with Crippen molar-refractivity contribution in [3.05, 3.63) is 88.9 Å². The minimum Gasteiger partial charge on any atom is -0.348 e. The van der Waals surface area contributed by atoms with E-state index in [2.05, 4.69) is 5.32 Å². The molecule has 1 fully saturated rings. The molecule has 1 aliphatic heterocycles. The highest BCUT2D eigenvalue weighted by Gasteiger charge is 2.26. The number of halogens is 1. The van der Waals surface area contributed by atoms with Crippen molar-refractivity contribution in [1.29, 1.82) is 0 Å². The third-order valence-electron chi connectivity index (χ3n) is 5.41. The quantitative estimate of drug-likeness (QED) is 0.586. The molecule has 3 aromatic carbocycles. The maximum atomic E-state index is 12.7. The van der Waals surface area contributed by atoms with Crippen LogP contribution in [0.4, 0.5) is 0 Å². The summed E-state index contributed by atoms with van der Waals surface area (Å²) in [5, 5.41) is 3.50. The van der Waals surface area contributed by atoms with Crippen LogP contribution in [0.2, 0.25) is 5.02 Å². The lowest BCUT2D eigenvalue weighted by Crippen LogP contribution is -2.27. The van der Waals surface area contributed by atoms with Gasteiger partial charge < -0.3 is 5.32 Å². The number of carbonyl (C=O) groups excluding carboxylic acids is 1. The molecule has 0 spiro atoms. The molecular formula is C24H23ClN2O3S. The van der Waals surface area contributed by atoms with Crippen molar-refractivity contribution in [2.45, 2.75) is 24.3 Å². The summed E-state index contributed by atoms with van der Waals surface area (Å²) in [6.07, 6.45) is 1.81. The van der Waals surface area contributed by atoms with E-state index in [9.17, 15) is 13.2 Å². The Labute approximate surface area is 187 Å². The van der Waals surface area contributed by atoms with Gasteiger partial charge in [-0.15, -0.1) is 0 Å². The lowest BCUT2D eigenvalue weighted by molar-refractivity contribution is 0.0951. The van der Waals surface area contributed by atoms with E-state index >= 15 is 0 Å². The largest absolute Gasteiger partial charge is 0.348 e. The molecule has 1 saturated heterocycles. The predicted molar refractivity (Wildman–Crippen MR) is 122 cm³/mol. The van der Waals surface area contributed by atoms with Crippen LogP contribution in [0.15, 0.2) is 77.7 Å². The number of nitrogens with one attached hydrogen (secondary N) is 1. The molecule has 0 bridgehead atoms. The van der Waals surface area contributed by atoms with E-state index in [1.54, 1.807) is 42.5 Å². The molecule has 1 heterocycles. The summed E-state index contributed by atoms with van der Waals surface area (Å²) in [6.45, 7) is 1.50. The van der Waals surface area contributed by atoms with Crippen LogP contribution in [0.5, 0.6) is 0 Å². The van der Waals surface area contributed by atoms with Crippen LogP contribution in [0.3, 0.4) is 0 Å². The molecule has 0 aromatic heterocycles. The molecule has 0 atom stereocenters. The molecule has 4 rings (SSSR count). The van der Waals surface area contributed by atoms with Gasteiger partial charge in [0, 0.05) is 30.2 Å². The Bertz CT molecular complexity index is 1190. The molecule has 1 amide bonds. The molecule has 0 unspecified atom stereocenters. The van der Waals surface area contributed by atoms with Crippen molar-refractivity contribution in [2.75, 3.05) is 13.1 Å². The second-order valence-electron chi connectivity index (χ2n) is 7.49. The average molecular weight is 455 g/mol. The number of nitrogens with zero attached hydrogens (tertiary/aromatic N) is 1. The minimum absolute atomic E-state index is 0.199. The Kier molecular flexibility index (Phi) is 6.41. The van der Waals surface area contributed by atoms with Crippen LogP contribution < -0.4 is 5.32 Å². The Morgan fingerprint density at radius 2 is 1.61 bits per heavy atom. The smallest absolute Gasteiger partial charge is 0.251 e. The maximum absolute atomic E-state index is 12.7. The molecule has 3 aromatic rings. The van der Waals surface area contributed by atoms with Crippen LogP contribution in [0, 0.1) is 0 Å². The van der Waals surface area contributed by atoms with Gasteiger partial charge in [-0.3, -0.25) is 4.79 Å². The zero-order chi connectivity index (χ0) is 21.8. The molecule has 31 heavy (non-hydrogen) atoms. The van der Waals surface area contributed by atoms with Crippen LogP contribution in [-0.4, -0.2) is 31.7 Å². The summed E-state index contributed by atoms with van der Waals surface area (Å²) >= 11 is 6.15. The van der Waals surface area contributed by atoms with E-state index in [1.807, 2.05) is 30.3 Å². The Hall–Kier alpha value is -2.67. The van der Waals surface area contributed by atoms with Crippen LogP contribution in [0.1, 0.15) is 28.8 Å². The third kappa shape index (κ3) is 4.82. The Morgan fingerprint density at radius 3 is 2.32 bits per heavy atom. The summed E-state index contributed by atoms with van der Waals surface area (Å²) in [5.41, 5.74) is 3.07. The Balaban J connectivity index is 1.49. The molecule has 160 valence electrons. The van der Waals surface area contributed by atoms with E-state index in [0.717, 1.165) is 29.5 Å². The standard InChI is InChI=1S/C24H23ClN2O3S/c25-23-9-2-1-6-21(23)17-26-24(28)20-8-5-7-19(16-20)18-10-12-22(13-11-18)31(29,30)27-14-3-4-15-27/h1-2,5-13,16H,3-4,14-15,17H2,(H,26,28). The lowest BCUT2D eigenvalue weighted by Gasteiger charge is -2.15. The van der Waals surface area contributed by atoms with Crippen molar-refractivity contribution in [3.8, 4) is 11.1 Å². The molecule has 0 aliphatic carbocycles. The molecular weight excluding hydrogens is 432 g/mol. The van der Waals surface area contributed by atoms with Gasteiger partial charge in [0.05, 0.1) is 4.90 Å². The normalized spacial score (nSPS) is 14.5. The van der Waals surface area contributed by atoms with Gasteiger partial charge in [0.25, 0.3) is 5.91 Å². The summed E-state index contributed by atoms with van der Waals surface area (Å²) in [6, 6.07) is 21.5. The summed E-state index contributed by atoms with van der Waals surface area (Å²) in [7, 11) is -3.44. The van der Waals surface area contributed by atoms with E-state index in [4.69, 9.17) is 11.6 Å². The summed E-state index contributed by atoms with van der Waals surface area (Å²) < 4.78 is 26.9. The SMILES string of the molecule is O=C(NCc1ccccc1Cl)c1cccc(-c2ccc(S(=O)(=O)N3CCCC3)cc2)c1. The number of benzene rings is 3. The van der Waals surface area contributed by atoms with Gasteiger partial charge >= 0.3 is 0 Å². The first-order valence-electron chi connectivity index (χ1n) is 10.2. The highest BCUT2D eigenvalue weighted by atomic mass is 35.5. The van der Waals surface area contributed by atoms with Crippen LogP contribution in [-0.2, 0) is 16.6 Å². The molecule has 7 heteroatoms. The van der Waals surface area contributed by atoms with Crippen molar-refractivity contribution < 1.29 is 13.2 Å². The van der Waals surface area contributed by atoms with Gasteiger partial charge in [-0.2, -0.15) is 4.31 Å². The van der Waals surface area contributed by atoms with Crippen molar-refractivity contribution in [2.24, 2.45) is 0 Å². The fourth-order valence-corrected chi connectivity index (χ4v) is 5.38. The number of rotatable bonds is 6. The average Bonchev–Trinajstić information content (AvgIpc) is 3.34. The van der Waals surface area contributed by atoms with Crippen molar-refractivity contribution in [3.63, 3.8) is 0 Å². The fourth-order valence-electron chi connectivity index (χ4n) is 3.66. The van der Waals surface area contributed by atoms with Crippen molar-refractivity contribution in [1.82, 2.24) is 9.62 Å². The van der Waals surface area contributed by atoms with E-state index in [-0.39, 0.29) is 5.91 Å². The van der Waals surface area contributed by atoms with Crippen LogP contribution >= 0.6 is 11.6 Å². The van der Waals surface area contributed by atoms with E-state index in [1.165, 1.54) is 4.31 Å². The fraction of sp³-hybridized carbons (Fsp3) is 0.208. The number of sulfonamides is 1. The maximum Gasteiger partial charge on any atom is 0.251 e. The van der Waals surface area contributed by atoms with Gasteiger partial charge in [0.2, 0.25) is 10.0 Å². The summed E-state index contributed by atoms with van der Waals surface area (Å²) in [4.78, 5) is 12.9. The van der Waals surface area contributed by atoms with Gasteiger partial charge in [-0.25, -0.2) is 8.42 Å². The second kappa shape index (κ2) is 9.22. The number of hydrogen-bond acceptors (Lipinski definition) is 3. The van der Waals surface area contributed by atoms with Gasteiger partial charge in [-0.1, -0.05) is 54.1 Å². The zero-order valence-electron chi connectivity index (χ0n) is 16.9. The first-order valence-corrected chi connectivity index (χ1v) is 12.0. The molecule has 0 radical (unpaired) electrons. The number of hydrogen-bond donors (Lipinski definition) is 1. The lowest BCUT2D eigenvalue weighted by atomic mass is 10.0. The first-order chi connectivity index (χ1) is 14.9. The Morgan fingerprint density at radius 1 is 0.903 bits per heavy atom. The topological polar surface area (TPSA) is 66.5 Å². The van der Waals surface area contributed by atoms with E-state index < -0.39 is 10.0 Å². The predicted octanol–water partition coefficient (Wildman–Crippen LogP) is 4.72. The first kappa shape index (κ1) is 21.6. The molecule has 1 N–H and O–H groups in total. The number of amides is 1. The van der Waals surface area contributed by atoms with Crippen LogP contribution in [0.25, 0.3) is 11.1 Å². The minimum atomic E-state index is -3.44. The van der Waals surface area contributed by atoms with E-state index in [0.29, 0.717) is 35.1 Å². The molecule has 1 aliphatic rings. The molecule has 5 nitrogen and oxygen atoms in total. The van der Waals surface area contributed by atoms with Gasteiger partial charge in [-0.05, 0) is 59.9 Å². The van der Waals surface area contributed by atoms with Gasteiger partial charge in [0.15, 0.2) is 0 Å². The van der Waals surface area contributed by atoms with Gasteiger partial charge in [0.1, 0.15) is 0 Å². The second-order valence-corrected chi connectivity index (χ2v) is 9.84. The highest BCUT2D eigenvalue weighted by Crippen LogP contribution is 2.25. The third-order valence-corrected chi connectivity index (χ3v) is 7.69. The molecule has 0 saturated carbocycles.